The molecule has 1 amide bonds. The maximum Gasteiger partial charge on any atom is 0.406 e. The molecule has 2 saturated heterocycles. The largest absolute Gasteiger partial charge is 0.406 e. The first-order valence-electron chi connectivity index (χ1n) is 8.65. The van der Waals surface area contributed by atoms with Gasteiger partial charge in [0.05, 0.1) is 18.0 Å². The van der Waals surface area contributed by atoms with E-state index in [9.17, 15) is 18.0 Å². The average Bonchev–Trinajstić information content (AvgIpc) is 3.24. The van der Waals surface area contributed by atoms with Crippen LogP contribution in [0.5, 0.6) is 0 Å². The SMILES string of the molecule is N#CC1CNC(C(=O)NC2CCC(N3NNCC3C(F)(F)F)CC2)C1. The van der Waals surface area contributed by atoms with E-state index in [4.69, 9.17) is 5.26 Å². The Morgan fingerprint density at radius 2 is 1.92 bits per heavy atom. The Labute approximate surface area is 144 Å². The first-order chi connectivity index (χ1) is 11.9. The summed E-state index contributed by atoms with van der Waals surface area (Å²) in [7, 11) is 0. The van der Waals surface area contributed by atoms with E-state index in [-0.39, 0.29) is 36.5 Å². The lowest BCUT2D eigenvalue weighted by atomic mass is 9.90. The average molecular weight is 360 g/mol. The first kappa shape index (κ1) is 18.4. The second kappa shape index (κ2) is 7.45. The van der Waals surface area contributed by atoms with E-state index in [1.807, 2.05) is 0 Å². The minimum atomic E-state index is -4.27. The number of amides is 1. The number of carbonyl (C=O) groups excluding carboxylic acids is 1. The maximum absolute atomic E-state index is 13.0. The summed E-state index contributed by atoms with van der Waals surface area (Å²) >= 11 is 0. The Kier molecular flexibility index (Phi) is 5.48. The van der Waals surface area contributed by atoms with Gasteiger partial charge in [-0.2, -0.15) is 24.0 Å². The zero-order valence-electron chi connectivity index (χ0n) is 13.8. The van der Waals surface area contributed by atoms with Gasteiger partial charge in [-0.25, -0.2) is 10.4 Å². The van der Waals surface area contributed by atoms with Gasteiger partial charge in [-0.15, -0.1) is 0 Å². The summed E-state index contributed by atoms with van der Waals surface area (Å²) in [6.07, 6.45) is -1.29. The van der Waals surface area contributed by atoms with Crippen molar-refractivity contribution in [1.29, 1.82) is 5.26 Å². The lowest BCUT2D eigenvalue weighted by molar-refractivity contribution is -0.185. The summed E-state index contributed by atoms with van der Waals surface area (Å²) in [5, 5.41) is 16.2. The quantitative estimate of drug-likeness (QED) is 0.574. The minimum Gasteiger partial charge on any atom is -0.352 e. The number of hydrogen-bond acceptors (Lipinski definition) is 6. The molecule has 10 heteroatoms. The van der Waals surface area contributed by atoms with Crippen LogP contribution in [0.1, 0.15) is 32.1 Å². The second-order valence-corrected chi connectivity index (χ2v) is 6.99. The van der Waals surface area contributed by atoms with Crippen LogP contribution >= 0.6 is 0 Å². The number of nitriles is 1. The van der Waals surface area contributed by atoms with Crippen LogP contribution in [0.25, 0.3) is 0 Å². The fraction of sp³-hybridized carbons (Fsp3) is 0.867. The molecule has 3 atom stereocenters. The number of rotatable bonds is 3. The Morgan fingerprint density at radius 3 is 2.52 bits per heavy atom. The summed E-state index contributed by atoms with van der Waals surface area (Å²) in [5.74, 6) is -0.255. The van der Waals surface area contributed by atoms with Gasteiger partial charge < -0.3 is 10.6 Å². The fourth-order valence-corrected chi connectivity index (χ4v) is 3.86. The fourth-order valence-electron chi connectivity index (χ4n) is 3.86. The van der Waals surface area contributed by atoms with E-state index in [1.54, 1.807) is 0 Å². The van der Waals surface area contributed by atoms with Crippen molar-refractivity contribution in [3.05, 3.63) is 0 Å². The zero-order valence-corrected chi connectivity index (χ0v) is 13.8. The van der Waals surface area contributed by atoms with Gasteiger partial charge in [0.25, 0.3) is 0 Å². The number of nitrogens with one attached hydrogen (secondary N) is 4. The van der Waals surface area contributed by atoms with Crippen molar-refractivity contribution in [2.45, 2.75) is 62.4 Å². The van der Waals surface area contributed by atoms with Gasteiger partial charge in [0.1, 0.15) is 6.04 Å². The lowest BCUT2D eigenvalue weighted by Gasteiger charge is -2.37. The molecule has 2 aliphatic heterocycles. The zero-order chi connectivity index (χ0) is 18.0. The molecule has 7 nitrogen and oxygen atoms in total. The van der Waals surface area contributed by atoms with Crippen LogP contribution in [0.15, 0.2) is 0 Å². The summed E-state index contributed by atoms with van der Waals surface area (Å²) < 4.78 is 39.1. The minimum absolute atomic E-state index is 0.0217. The first-order valence-corrected chi connectivity index (χ1v) is 8.65. The third-order valence-electron chi connectivity index (χ3n) is 5.28. The molecule has 0 spiro atoms. The predicted molar refractivity (Wildman–Crippen MR) is 82.5 cm³/mol. The van der Waals surface area contributed by atoms with E-state index in [2.05, 4.69) is 27.7 Å². The molecule has 3 unspecified atom stereocenters. The van der Waals surface area contributed by atoms with Crippen LogP contribution in [0.3, 0.4) is 0 Å². The Hall–Kier alpha value is -1.41. The van der Waals surface area contributed by atoms with Gasteiger partial charge in [-0.05, 0) is 32.1 Å². The van der Waals surface area contributed by atoms with Gasteiger partial charge in [0.2, 0.25) is 5.91 Å². The van der Waals surface area contributed by atoms with Gasteiger partial charge >= 0.3 is 6.18 Å². The molecule has 25 heavy (non-hydrogen) atoms. The molecule has 3 aliphatic rings. The van der Waals surface area contributed by atoms with Crippen LogP contribution in [0.4, 0.5) is 13.2 Å². The van der Waals surface area contributed by atoms with E-state index >= 15 is 0 Å². The van der Waals surface area contributed by atoms with Crippen molar-refractivity contribution in [3.8, 4) is 6.07 Å². The lowest BCUT2D eigenvalue weighted by Crippen LogP contribution is -2.55. The van der Waals surface area contributed by atoms with Crippen molar-refractivity contribution < 1.29 is 18.0 Å². The number of carbonyl (C=O) groups is 1. The summed E-state index contributed by atoms with van der Waals surface area (Å²) in [4.78, 5) is 12.2. The van der Waals surface area contributed by atoms with Gasteiger partial charge in [-0.1, -0.05) is 0 Å². The topological polar surface area (TPSA) is 92.2 Å². The van der Waals surface area contributed by atoms with Gasteiger partial charge in [-0.3, -0.25) is 4.79 Å². The van der Waals surface area contributed by atoms with Crippen LogP contribution in [0, 0.1) is 17.2 Å². The van der Waals surface area contributed by atoms with Crippen molar-refractivity contribution in [1.82, 2.24) is 26.6 Å². The number of alkyl halides is 3. The summed E-state index contributed by atoms with van der Waals surface area (Å²) in [5.41, 5.74) is 5.20. The maximum atomic E-state index is 13.0. The van der Waals surface area contributed by atoms with Crippen molar-refractivity contribution in [2.24, 2.45) is 5.92 Å². The molecule has 2 heterocycles. The standard InChI is InChI=1S/C15H23F3N6O/c16-15(17,18)13-8-21-23-24(13)11-3-1-10(2-4-11)22-14(25)12-5-9(6-19)7-20-12/h9-13,20-21,23H,1-5,7-8H2,(H,22,25). The van der Waals surface area contributed by atoms with E-state index < -0.39 is 12.2 Å². The van der Waals surface area contributed by atoms with Crippen molar-refractivity contribution >= 4 is 5.91 Å². The second-order valence-electron chi connectivity index (χ2n) is 6.99. The van der Waals surface area contributed by atoms with Crippen LogP contribution in [-0.2, 0) is 4.79 Å². The molecular weight excluding hydrogens is 337 g/mol. The Balaban J connectivity index is 1.46. The molecule has 0 bridgehead atoms. The normalized spacial score (nSPS) is 37.0. The molecule has 0 aromatic heterocycles. The highest BCUT2D eigenvalue weighted by Crippen LogP contribution is 2.31. The highest BCUT2D eigenvalue weighted by atomic mass is 19.4. The molecule has 1 aliphatic carbocycles. The predicted octanol–water partition coefficient (Wildman–Crippen LogP) is 0.171. The van der Waals surface area contributed by atoms with Crippen LogP contribution < -0.4 is 21.6 Å². The van der Waals surface area contributed by atoms with E-state index in [0.717, 1.165) is 0 Å². The molecule has 1 saturated carbocycles. The van der Waals surface area contributed by atoms with Crippen molar-refractivity contribution in [3.63, 3.8) is 0 Å². The third-order valence-corrected chi connectivity index (χ3v) is 5.28. The monoisotopic (exact) mass is 360 g/mol. The molecule has 3 fully saturated rings. The molecular formula is C15H23F3N6O. The number of nitrogens with zero attached hydrogens (tertiary/aromatic N) is 2. The highest BCUT2D eigenvalue weighted by molar-refractivity contribution is 5.82. The van der Waals surface area contributed by atoms with E-state index in [0.29, 0.717) is 38.6 Å². The molecule has 0 aromatic carbocycles. The Bertz CT molecular complexity index is 528. The smallest absolute Gasteiger partial charge is 0.352 e. The molecule has 4 N–H and O–H groups in total. The van der Waals surface area contributed by atoms with E-state index in [1.165, 1.54) is 5.01 Å². The molecule has 0 aromatic rings. The van der Waals surface area contributed by atoms with Crippen molar-refractivity contribution in [2.75, 3.05) is 13.1 Å². The number of halogens is 3. The number of hydrogen-bond donors (Lipinski definition) is 4. The third kappa shape index (κ3) is 4.23. The number of hydrazine groups is 2. The summed E-state index contributed by atoms with van der Waals surface area (Å²) in [6.45, 7) is 0.362. The molecule has 140 valence electrons. The van der Waals surface area contributed by atoms with Gasteiger partial charge in [0, 0.05) is 25.2 Å². The Morgan fingerprint density at radius 1 is 1.20 bits per heavy atom. The molecule has 0 radical (unpaired) electrons. The van der Waals surface area contributed by atoms with Crippen LogP contribution in [0.2, 0.25) is 0 Å². The summed E-state index contributed by atoms with van der Waals surface area (Å²) in [6, 6.07) is 0.0600. The molecule has 3 rings (SSSR count). The van der Waals surface area contributed by atoms with Crippen LogP contribution in [-0.4, -0.2) is 54.3 Å². The highest BCUT2D eigenvalue weighted by Gasteiger charge is 2.49. The van der Waals surface area contributed by atoms with Gasteiger partial charge in [0.15, 0.2) is 0 Å².